The maximum Gasteiger partial charge on any atom is 0.354 e. The number of hydrogen-bond acceptors (Lipinski definition) is 5. The maximum absolute atomic E-state index is 12.6. The van der Waals surface area contributed by atoms with E-state index in [0.717, 1.165) is 30.2 Å². The number of carboxylic acid groups (broad SMARTS) is 1. The van der Waals surface area contributed by atoms with Crippen LogP contribution in [0, 0.1) is 6.92 Å². The number of hydrogen-bond donors (Lipinski definition) is 2. The zero-order chi connectivity index (χ0) is 19.4. The molecular weight excluding hydrogens is 366 g/mol. The van der Waals surface area contributed by atoms with E-state index in [0.29, 0.717) is 11.3 Å². The van der Waals surface area contributed by atoms with Crippen LogP contribution in [0.3, 0.4) is 0 Å². The number of carbonyl (C=O) groups excluding carboxylic acids is 2. The lowest BCUT2D eigenvalue weighted by atomic mass is 10.1. The molecule has 2 aromatic rings. The number of benzene rings is 1. The molecule has 1 aromatic carbocycles. The van der Waals surface area contributed by atoms with Gasteiger partial charge in [-0.1, -0.05) is 0 Å². The Kier molecular flexibility index (Phi) is 5.75. The third kappa shape index (κ3) is 4.46. The van der Waals surface area contributed by atoms with Crippen molar-refractivity contribution in [1.82, 2.24) is 9.88 Å². The average molecular weight is 385 g/mol. The number of aromatic carboxylic acids is 1. The smallest absolute Gasteiger partial charge is 0.354 e. The molecule has 1 aliphatic rings. The second-order valence-corrected chi connectivity index (χ2v) is 7.35. The predicted octanol–water partition coefficient (Wildman–Crippen LogP) is 2.53. The van der Waals surface area contributed by atoms with E-state index in [1.165, 1.54) is 18.3 Å². The van der Waals surface area contributed by atoms with Gasteiger partial charge in [-0.15, -0.1) is 0 Å². The van der Waals surface area contributed by atoms with E-state index in [4.69, 9.17) is 5.11 Å². The van der Waals surface area contributed by atoms with Crippen LogP contribution < -0.4 is 5.32 Å². The van der Waals surface area contributed by atoms with Gasteiger partial charge in [-0.05, 0) is 42.8 Å². The Labute approximate surface area is 160 Å². The summed E-state index contributed by atoms with van der Waals surface area (Å²) in [5, 5.41) is 11.6. The molecule has 0 bridgehead atoms. The molecule has 27 heavy (non-hydrogen) atoms. The van der Waals surface area contributed by atoms with E-state index in [9.17, 15) is 14.4 Å². The molecule has 0 unspecified atom stereocenters. The molecule has 1 saturated heterocycles. The maximum atomic E-state index is 12.6. The van der Waals surface area contributed by atoms with Crippen molar-refractivity contribution in [3.63, 3.8) is 0 Å². The van der Waals surface area contributed by atoms with Crippen LogP contribution in [0.2, 0.25) is 0 Å². The summed E-state index contributed by atoms with van der Waals surface area (Å²) in [5.74, 6) is 0.367. The Morgan fingerprint density at radius 1 is 1.11 bits per heavy atom. The topological polar surface area (TPSA) is 99.6 Å². The molecule has 0 spiro atoms. The predicted molar refractivity (Wildman–Crippen MR) is 104 cm³/mol. The van der Waals surface area contributed by atoms with E-state index in [1.807, 2.05) is 23.6 Å². The highest BCUT2D eigenvalue weighted by molar-refractivity contribution is 7.99. The Balaban J connectivity index is 1.71. The number of rotatable bonds is 4. The number of nitrogens with one attached hydrogen (secondary N) is 1. The lowest BCUT2D eigenvalue weighted by Crippen LogP contribution is -2.37. The van der Waals surface area contributed by atoms with Crippen molar-refractivity contribution >= 4 is 35.2 Å². The summed E-state index contributed by atoms with van der Waals surface area (Å²) in [6.45, 7) is 3.32. The highest BCUT2D eigenvalue weighted by atomic mass is 32.2. The summed E-state index contributed by atoms with van der Waals surface area (Å²) in [4.78, 5) is 41.3. The highest BCUT2D eigenvalue weighted by Gasteiger charge is 2.19. The number of pyridine rings is 1. The Hall–Kier alpha value is -2.87. The minimum absolute atomic E-state index is 0.00439. The van der Waals surface area contributed by atoms with Crippen LogP contribution in [-0.4, -0.2) is 57.4 Å². The van der Waals surface area contributed by atoms with Gasteiger partial charge in [0.05, 0.1) is 5.56 Å². The van der Waals surface area contributed by atoms with E-state index >= 15 is 0 Å². The number of aryl methyl sites for hydroxylation is 1. The number of amides is 2. The summed E-state index contributed by atoms with van der Waals surface area (Å²) in [7, 11) is 0. The van der Waals surface area contributed by atoms with Crippen molar-refractivity contribution in [1.29, 1.82) is 0 Å². The standard InChI is InChI=1S/C19H19N3O4S/c1-12-10-13(18(24)22-6-8-27-9-7-22)2-4-15(12)21-17(23)14-3-5-16(19(25)26)20-11-14/h2-5,10-11H,6-9H2,1H3,(H,21,23)(H,25,26). The molecule has 3 rings (SSSR count). The second-order valence-electron chi connectivity index (χ2n) is 6.13. The molecule has 2 heterocycles. The number of carboxylic acids is 1. The van der Waals surface area contributed by atoms with Gasteiger partial charge >= 0.3 is 5.97 Å². The second kappa shape index (κ2) is 8.22. The van der Waals surface area contributed by atoms with Crippen LogP contribution in [0.5, 0.6) is 0 Å². The first-order chi connectivity index (χ1) is 13.0. The molecule has 0 radical (unpaired) electrons. The van der Waals surface area contributed by atoms with Crippen molar-refractivity contribution in [2.75, 3.05) is 29.9 Å². The third-order valence-electron chi connectivity index (χ3n) is 4.26. The van der Waals surface area contributed by atoms with Crippen molar-refractivity contribution in [2.24, 2.45) is 0 Å². The van der Waals surface area contributed by atoms with Crippen molar-refractivity contribution < 1.29 is 19.5 Å². The van der Waals surface area contributed by atoms with Gasteiger partial charge in [0.1, 0.15) is 5.69 Å². The SMILES string of the molecule is Cc1cc(C(=O)N2CCSCC2)ccc1NC(=O)c1ccc(C(=O)O)nc1. The van der Waals surface area contributed by atoms with E-state index < -0.39 is 11.9 Å². The zero-order valence-electron chi connectivity index (χ0n) is 14.8. The van der Waals surface area contributed by atoms with Crippen LogP contribution >= 0.6 is 11.8 Å². The Morgan fingerprint density at radius 3 is 2.41 bits per heavy atom. The van der Waals surface area contributed by atoms with Crippen LogP contribution in [0.1, 0.15) is 36.8 Å². The summed E-state index contributed by atoms with van der Waals surface area (Å²) in [6.07, 6.45) is 1.22. The molecule has 1 aliphatic heterocycles. The van der Waals surface area contributed by atoms with E-state index in [2.05, 4.69) is 10.3 Å². The number of nitrogens with zero attached hydrogens (tertiary/aromatic N) is 2. The van der Waals surface area contributed by atoms with E-state index in [1.54, 1.807) is 18.2 Å². The first-order valence-electron chi connectivity index (χ1n) is 8.44. The zero-order valence-corrected chi connectivity index (χ0v) is 15.6. The van der Waals surface area contributed by atoms with Crippen molar-refractivity contribution in [3.8, 4) is 0 Å². The van der Waals surface area contributed by atoms with Crippen molar-refractivity contribution in [3.05, 3.63) is 58.9 Å². The first kappa shape index (κ1) is 18.9. The van der Waals surface area contributed by atoms with Gasteiger partial charge in [0.15, 0.2) is 0 Å². The normalized spacial score (nSPS) is 13.9. The van der Waals surface area contributed by atoms with Gasteiger partial charge in [0.2, 0.25) is 0 Å². The Bertz CT molecular complexity index is 877. The molecule has 0 atom stereocenters. The average Bonchev–Trinajstić information content (AvgIpc) is 2.69. The minimum atomic E-state index is -1.15. The lowest BCUT2D eigenvalue weighted by molar-refractivity contribution is 0.0689. The molecular formula is C19H19N3O4S. The Morgan fingerprint density at radius 2 is 1.81 bits per heavy atom. The van der Waals surface area contributed by atoms with Gasteiger partial charge in [-0.25, -0.2) is 9.78 Å². The fourth-order valence-corrected chi connectivity index (χ4v) is 3.64. The third-order valence-corrected chi connectivity index (χ3v) is 5.21. The van der Waals surface area contributed by atoms with Gasteiger partial charge in [-0.2, -0.15) is 11.8 Å². The molecule has 2 amide bonds. The molecule has 2 N–H and O–H groups in total. The number of thioether (sulfide) groups is 1. The molecule has 0 aliphatic carbocycles. The summed E-state index contributed by atoms with van der Waals surface area (Å²) in [6, 6.07) is 7.87. The summed E-state index contributed by atoms with van der Waals surface area (Å²) in [5.41, 5.74) is 2.10. The summed E-state index contributed by atoms with van der Waals surface area (Å²) < 4.78 is 0. The van der Waals surface area contributed by atoms with Crippen molar-refractivity contribution in [2.45, 2.75) is 6.92 Å². The molecule has 8 heteroatoms. The van der Waals surface area contributed by atoms with Gasteiger partial charge in [-0.3, -0.25) is 9.59 Å². The number of anilines is 1. The molecule has 1 fully saturated rings. The summed E-state index contributed by atoms with van der Waals surface area (Å²) >= 11 is 1.84. The monoisotopic (exact) mass is 385 g/mol. The van der Waals surface area contributed by atoms with Gasteiger partial charge in [0, 0.05) is 42.0 Å². The molecule has 140 valence electrons. The highest BCUT2D eigenvalue weighted by Crippen LogP contribution is 2.20. The molecule has 1 aromatic heterocycles. The quantitative estimate of drug-likeness (QED) is 0.839. The van der Waals surface area contributed by atoms with Crippen LogP contribution in [0.15, 0.2) is 36.5 Å². The minimum Gasteiger partial charge on any atom is -0.477 e. The number of aromatic nitrogens is 1. The number of carbonyl (C=O) groups is 3. The molecule has 0 saturated carbocycles. The fraction of sp³-hybridized carbons (Fsp3) is 0.263. The first-order valence-corrected chi connectivity index (χ1v) is 9.59. The lowest BCUT2D eigenvalue weighted by Gasteiger charge is -2.26. The molecule has 7 nitrogen and oxygen atoms in total. The fourth-order valence-electron chi connectivity index (χ4n) is 2.74. The van der Waals surface area contributed by atoms with E-state index in [-0.39, 0.29) is 17.2 Å². The van der Waals surface area contributed by atoms with Gasteiger partial charge in [0.25, 0.3) is 11.8 Å². The van der Waals surface area contributed by atoms with Crippen LogP contribution in [0.4, 0.5) is 5.69 Å². The van der Waals surface area contributed by atoms with Crippen LogP contribution in [-0.2, 0) is 0 Å². The van der Waals surface area contributed by atoms with Crippen LogP contribution in [0.25, 0.3) is 0 Å². The largest absolute Gasteiger partial charge is 0.477 e. The van der Waals surface area contributed by atoms with Gasteiger partial charge < -0.3 is 15.3 Å².